The van der Waals surface area contributed by atoms with Gasteiger partial charge in [0.15, 0.2) is 0 Å². The summed E-state index contributed by atoms with van der Waals surface area (Å²) in [7, 11) is 0. The predicted octanol–water partition coefficient (Wildman–Crippen LogP) is 8.06. The molecule has 0 aromatic heterocycles. The Bertz CT molecular complexity index is 1060. The second kappa shape index (κ2) is 16.6. The average molecular weight is 537 g/mol. The molecule has 2 aromatic rings. The summed E-state index contributed by atoms with van der Waals surface area (Å²) in [6.45, 7) is 5.43. The minimum absolute atomic E-state index is 0.310. The summed E-state index contributed by atoms with van der Waals surface area (Å²) >= 11 is 0. The van der Waals surface area contributed by atoms with Gasteiger partial charge in [0.1, 0.15) is 17.9 Å². The summed E-state index contributed by atoms with van der Waals surface area (Å²) in [5.41, 5.74) is 0.736. The highest BCUT2D eigenvalue weighted by Gasteiger charge is 2.41. The topological polar surface area (TPSA) is 76.2 Å². The smallest absolute Gasteiger partial charge is 0.342 e. The van der Waals surface area contributed by atoms with Crippen molar-refractivity contribution in [2.75, 3.05) is 23.0 Å². The number of hydrogen-bond acceptors (Lipinski definition) is 5. The Morgan fingerprint density at radius 1 is 0.641 bits per heavy atom. The zero-order valence-electron chi connectivity index (χ0n) is 23.7. The number of urea groups is 1. The molecule has 1 fully saturated rings. The van der Waals surface area contributed by atoms with Crippen molar-refractivity contribution in [3.8, 4) is 11.5 Å². The van der Waals surface area contributed by atoms with Crippen LogP contribution in [0.3, 0.4) is 0 Å². The molecular weight excluding hydrogens is 492 g/mol. The highest BCUT2D eigenvalue weighted by molar-refractivity contribution is 6.35. The number of rotatable bonds is 18. The largest absolute Gasteiger partial charge is 0.494 e. The Morgan fingerprint density at radius 2 is 1.21 bits per heavy atom. The number of ether oxygens (including phenoxy) is 2. The number of barbiturate groups is 1. The second-order valence-electron chi connectivity index (χ2n) is 10.1. The van der Waals surface area contributed by atoms with Crippen molar-refractivity contribution in [1.29, 1.82) is 0 Å². The Morgan fingerprint density at radius 3 is 1.85 bits per heavy atom. The number of carbonyl (C=O) groups excluding carboxylic acids is 3. The maximum atomic E-state index is 13.6. The van der Waals surface area contributed by atoms with Crippen LogP contribution < -0.4 is 19.3 Å². The monoisotopic (exact) mass is 536 g/mol. The van der Waals surface area contributed by atoms with E-state index in [2.05, 4.69) is 13.8 Å². The van der Waals surface area contributed by atoms with Crippen molar-refractivity contribution in [2.45, 2.75) is 97.3 Å². The third kappa shape index (κ3) is 9.12. The van der Waals surface area contributed by atoms with Crippen molar-refractivity contribution in [3.05, 3.63) is 48.5 Å². The summed E-state index contributed by atoms with van der Waals surface area (Å²) < 4.78 is 12.1. The van der Waals surface area contributed by atoms with Crippen LogP contribution in [0.5, 0.6) is 11.5 Å². The molecule has 4 amide bonds. The van der Waals surface area contributed by atoms with E-state index >= 15 is 0 Å². The standard InChI is InChI=1S/C32H44N2O5/c1-3-5-7-9-11-16-22-38-27-20-21-29(39-23-17-12-10-8-6-4-2)28(24-27)34-31(36)25-30(35)33(32(34)37)26-18-14-13-15-19-26/h13-15,18-21,24H,3-12,16-17,22-23,25H2,1-2H3. The maximum absolute atomic E-state index is 13.6. The van der Waals surface area contributed by atoms with E-state index in [1.54, 1.807) is 36.4 Å². The van der Waals surface area contributed by atoms with E-state index in [9.17, 15) is 14.4 Å². The first-order chi connectivity index (χ1) is 19.1. The zero-order chi connectivity index (χ0) is 27.9. The fraction of sp³-hybridized carbons (Fsp3) is 0.531. The van der Waals surface area contributed by atoms with Crippen LogP contribution in [0.1, 0.15) is 97.3 Å². The number of amides is 4. The molecule has 0 radical (unpaired) electrons. The first-order valence-electron chi connectivity index (χ1n) is 14.7. The van der Waals surface area contributed by atoms with E-state index in [-0.39, 0.29) is 0 Å². The zero-order valence-corrected chi connectivity index (χ0v) is 23.7. The summed E-state index contributed by atoms with van der Waals surface area (Å²) in [5, 5.41) is 0. The fourth-order valence-electron chi connectivity index (χ4n) is 4.69. The number of carbonyl (C=O) groups is 3. The van der Waals surface area contributed by atoms with E-state index in [1.807, 2.05) is 12.1 Å². The molecule has 0 atom stereocenters. The number of nitrogens with zero attached hydrogens (tertiary/aromatic N) is 2. The van der Waals surface area contributed by atoms with Crippen molar-refractivity contribution in [2.24, 2.45) is 0 Å². The fourth-order valence-corrected chi connectivity index (χ4v) is 4.69. The van der Waals surface area contributed by atoms with Crippen molar-refractivity contribution < 1.29 is 23.9 Å². The molecule has 0 spiro atoms. The van der Waals surface area contributed by atoms with Gasteiger partial charge in [0, 0.05) is 6.07 Å². The molecule has 212 valence electrons. The average Bonchev–Trinajstić information content (AvgIpc) is 2.93. The predicted molar refractivity (Wildman–Crippen MR) is 156 cm³/mol. The summed E-state index contributed by atoms with van der Waals surface area (Å²) in [6, 6.07) is 13.2. The lowest BCUT2D eigenvalue weighted by molar-refractivity contribution is -0.126. The molecule has 0 saturated carbocycles. The van der Waals surface area contributed by atoms with Crippen LogP contribution in [-0.4, -0.2) is 31.1 Å². The molecule has 3 rings (SSSR count). The van der Waals surface area contributed by atoms with Crippen LogP contribution in [0.15, 0.2) is 48.5 Å². The van der Waals surface area contributed by atoms with Crippen LogP contribution in [0.2, 0.25) is 0 Å². The van der Waals surface area contributed by atoms with Crippen molar-refractivity contribution >= 4 is 29.2 Å². The number of hydrogen-bond donors (Lipinski definition) is 0. The van der Waals surface area contributed by atoms with Crippen LogP contribution in [0, 0.1) is 0 Å². The van der Waals surface area contributed by atoms with Crippen molar-refractivity contribution in [1.82, 2.24) is 0 Å². The molecular formula is C32H44N2O5. The molecule has 2 aromatic carbocycles. The van der Waals surface area contributed by atoms with Gasteiger partial charge in [0.25, 0.3) is 0 Å². The van der Waals surface area contributed by atoms with Gasteiger partial charge in [-0.25, -0.2) is 14.6 Å². The quantitative estimate of drug-likeness (QED) is 0.142. The Hall–Kier alpha value is -3.35. The van der Waals surface area contributed by atoms with Gasteiger partial charge in [-0.05, 0) is 37.1 Å². The van der Waals surface area contributed by atoms with Crippen LogP contribution in [-0.2, 0) is 9.59 Å². The third-order valence-electron chi connectivity index (χ3n) is 6.89. The summed E-state index contributed by atoms with van der Waals surface area (Å²) in [6.07, 6.45) is 13.3. The van der Waals surface area contributed by atoms with E-state index in [0.717, 1.165) is 41.9 Å². The van der Waals surface area contributed by atoms with Gasteiger partial charge in [-0.1, -0.05) is 96.3 Å². The van der Waals surface area contributed by atoms with E-state index < -0.39 is 24.3 Å². The van der Waals surface area contributed by atoms with Gasteiger partial charge >= 0.3 is 6.03 Å². The SMILES string of the molecule is CCCCCCCCOc1ccc(OCCCCCCCC)c(N2C(=O)CC(=O)N(c3ccccc3)C2=O)c1. The second-order valence-corrected chi connectivity index (χ2v) is 10.1. The van der Waals surface area contributed by atoms with Gasteiger partial charge in [-0.15, -0.1) is 0 Å². The lowest BCUT2D eigenvalue weighted by atomic mass is 10.1. The maximum Gasteiger partial charge on any atom is 0.342 e. The molecule has 0 bridgehead atoms. The van der Waals surface area contributed by atoms with Gasteiger partial charge in [-0.3, -0.25) is 9.59 Å². The van der Waals surface area contributed by atoms with Crippen LogP contribution >= 0.6 is 0 Å². The minimum Gasteiger partial charge on any atom is -0.494 e. The molecule has 39 heavy (non-hydrogen) atoms. The Labute approximate surface area is 233 Å². The number of anilines is 2. The highest BCUT2D eigenvalue weighted by Crippen LogP contribution is 2.36. The molecule has 0 unspecified atom stereocenters. The molecule has 0 aliphatic carbocycles. The Kier molecular flexibility index (Phi) is 12.8. The third-order valence-corrected chi connectivity index (χ3v) is 6.89. The number of imide groups is 2. The molecule has 1 aliphatic rings. The van der Waals surface area contributed by atoms with Gasteiger partial charge < -0.3 is 9.47 Å². The van der Waals surface area contributed by atoms with Crippen LogP contribution in [0.25, 0.3) is 0 Å². The number of benzene rings is 2. The van der Waals surface area contributed by atoms with E-state index in [0.29, 0.717) is 36.1 Å². The number of para-hydroxylation sites is 1. The highest BCUT2D eigenvalue weighted by atomic mass is 16.5. The molecule has 1 saturated heterocycles. The molecule has 1 heterocycles. The first-order valence-corrected chi connectivity index (χ1v) is 14.7. The summed E-state index contributed by atoms with van der Waals surface area (Å²) in [4.78, 5) is 41.5. The molecule has 7 heteroatoms. The minimum atomic E-state index is -0.708. The van der Waals surface area contributed by atoms with Gasteiger partial charge in [0.2, 0.25) is 11.8 Å². The summed E-state index contributed by atoms with van der Waals surface area (Å²) in [5.74, 6) is -0.124. The number of unbranched alkanes of at least 4 members (excludes halogenated alkanes) is 10. The Balaban J connectivity index is 1.76. The first kappa shape index (κ1) is 30.2. The molecule has 0 N–H and O–H groups in total. The van der Waals surface area contributed by atoms with Crippen LogP contribution in [0.4, 0.5) is 16.2 Å². The lowest BCUT2D eigenvalue weighted by Gasteiger charge is -2.33. The van der Waals surface area contributed by atoms with Gasteiger partial charge in [0.05, 0.1) is 24.6 Å². The van der Waals surface area contributed by atoms with Gasteiger partial charge in [-0.2, -0.15) is 0 Å². The molecule has 1 aliphatic heterocycles. The van der Waals surface area contributed by atoms with E-state index in [4.69, 9.17) is 9.47 Å². The van der Waals surface area contributed by atoms with Crippen molar-refractivity contribution in [3.63, 3.8) is 0 Å². The molecule has 7 nitrogen and oxygen atoms in total. The lowest BCUT2D eigenvalue weighted by Crippen LogP contribution is -2.55. The van der Waals surface area contributed by atoms with E-state index in [1.165, 1.54) is 44.9 Å². The normalized spacial score (nSPS) is 13.7.